The predicted octanol–water partition coefficient (Wildman–Crippen LogP) is 1.94. The van der Waals surface area contributed by atoms with Crippen molar-refractivity contribution in [2.75, 3.05) is 26.2 Å². The van der Waals surface area contributed by atoms with Crippen LogP contribution in [0.25, 0.3) is 10.8 Å². The summed E-state index contributed by atoms with van der Waals surface area (Å²) < 4.78 is 0. The first kappa shape index (κ1) is 18.9. The summed E-state index contributed by atoms with van der Waals surface area (Å²) in [5.74, 6) is -0.151. The molecule has 6 nitrogen and oxygen atoms in total. The molecule has 0 aromatic heterocycles. The zero-order chi connectivity index (χ0) is 19.2. The maximum absolute atomic E-state index is 12.7. The number of amides is 3. The highest BCUT2D eigenvalue weighted by Crippen LogP contribution is 2.19. The third-order valence-electron chi connectivity index (χ3n) is 4.95. The molecule has 27 heavy (non-hydrogen) atoms. The number of nitrogens with zero attached hydrogens (tertiary/aromatic N) is 1. The number of carbonyl (C=O) groups is 3. The second kappa shape index (κ2) is 8.66. The Balaban J connectivity index is 1.57. The molecular weight excluding hydrogens is 342 g/mol. The van der Waals surface area contributed by atoms with Crippen molar-refractivity contribution in [3.05, 3.63) is 48.0 Å². The fourth-order valence-corrected chi connectivity index (χ4v) is 3.53. The number of piperidine rings is 1. The number of hydrogen-bond donors (Lipinski definition) is 2. The van der Waals surface area contributed by atoms with Gasteiger partial charge >= 0.3 is 0 Å². The molecule has 2 N–H and O–H groups in total. The summed E-state index contributed by atoms with van der Waals surface area (Å²) in [7, 11) is 0. The first-order chi connectivity index (χ1) is 13.0. The van der Waals surface area contributed by atoms with Crippen LogP contribution in [0.15, 0.2) is 42.5 Å². The summed E-state index contributed by atoms with van der Waals surface area (Å²) in [6.07, 6.45) is 1.88. The number of rotatable bonds is 5. The molecule has 1 aliphatic rings. The average molecular weight is 367 g/mol. The van der Waals surface area contributed by atoms with Gasteiger partial charge in [-0.15, -0.1) is 0 Å². The van der Waals surface area contributed by atoms with E-state index in [2.05, 4.69) is 10.6 Å². The van der Waals surface area contributed by atoms with Gasteiger partial charge in [0, 0.05) is 32.1 Å². The van der Waals surface area contributed by atoms with E-state index >= 15 is 0 Å². The Labute approximate surface area is 158 Å². The maximum atomic E-state index is 12.7. The van der Waals surface area contributed by atoms with E-state index in [9.17, 15) is 14.4 Å². The molecule has 1 heterocycles. The summed E-state index contributed by atoms with van der Waals surface area (Å²) in [6.45, 7) is 3.27. The van der Waals surface area contributed by atoms with E-state index in [0.717, 1.165) is 23.6 Å². The van der Waals surface area contributed by atoms with Gasteiger partial charge in [-0.05, 0) is 35.6 Å². The number of benzene rings is 2. The zero-order valence-corrected chi connectivity index (χ0v) is 15.5. The highest BCUT2D eigenvalue weighted by molar-refractivity contribution is 6.07. The van der Waals surface area contributed by atoms with Crippen molar-refractivity contribution in [2.45, 2.75) is 19.8 Å². The van der Waals surface area contributed by atoms with E-state index in [0.29, 0.717) is 25.2 Å². The SMILES string of the molecule is CC(=O)NCC(=O)N1CCC[C@H](CNC(=O)c2cccc3ccccc23)C1. The molecule has 1 aliphatic heterocycles. The second-order valence-corrected chi connectivity index (χ2v) is 6.99. The highest BCUT2D eigenvalue weighted by atomic mass is 16.2. The Morgan fingerprint density at radius 2 is 1.85 bits per heavy atom. The van der Waals surface area contributed by atoms with Gasteiger partial charge in [0.2, 0.25) is 11.8 Å². The highest BCUT2D eigenvalue weighted by Gasteiger charge is 2.24. The van der Waals surface area contributed by atoms with E-state index in [1.54, 1.807) is 4.90 Å². The normalized spacial score (nSPS) is 16.8. The number of hydrogen-bond acceptors (Lipinski definition) is 3. The number of nitrogens with one attached hydrogen (secondary N) is 2. The molecule has 3 rings (SSSR count). The van der Waals surface area contributed by atoms with Gasteiger partial charge in [-0.3, -0.25) is 14.4 Å². The van der Waals surface area contributed by atoms with Crippen LogP contribution in [0, 0.1) is 5.92 Å². The van der Waals surface area contributed by atoms with E-state index in [4.69, 9.17) is 0 Å². The molecule has 0 bridgehead atoms. The molecule has 1 saturated heterocycles. The van der Waals surface area contributed by atoms with E-state index in [1.165, 1.54) is 6.92 Å². The lowest BCUT2D eigenvalue weighted by atomic mass is 9.97. The number of carbonyl (C=O) groups excluding carboxylic acids is 3. The zero-order valence-electron chi connectivity index (χ0n) is 15.5. The maximum Gasteiger partial charge on any atom is 0.251 e. The number of likely N-dealkylation sites (tertiary alicyclic amines) is 1. The van der Waals surface area contributed by atoms with Gasteiger partial charge in [-0.1, -0.05) is 36.4 Å². The van der Waals surface area contributed by atoms with E-state index in [1.807, 2.05) is 42.5 Å². The average Bonchev–Trinajstić information content (AvgIpc) is 2.70. The summed E-state index contributed by atoms with van der Waals surface area (Å²) in [6, 6.07) is 13.5. The fourth-order valence-electron chi connectivity index (χ4n) is 3.53. The van der Waals surface area contributed by atoms with Gasteiger partial charge in [0.15, 0.2) is 0 Å². The molecule has 1 fully saturated rings. The smallest absolute Gasteiger partial charge is 0.251 e. The molecule has 2 aromatic carbocycles. The van der Waals surface area contributed by atoms with Crippen LogP contribution in [0.5, 0.6) is 0 Å². The van der Waals surface area contributed by atoms with Crippen LogP contribution >= 0.6 is 0 Å². The summed E-state index contributed by atoms with van der Waals surface area (Å²) >= 11 is 0. The standard InChI is InChI=1S/C21H25N3O3/c1-15(25)22-13-20(26)24-11-5-6-16(14-24)12-23-21(27)19-10-4-8-17-7-2-3-9-18(17)19/h2-4,7-10,16H,5-6,11-14H2,1H3,(H,22,25)(H,23,27)/t16-/m1/s1. The minimum Gasteiger partial charge on any atom is -0.352 e. The molecular formula is C21H25N3O3. The fraction of sp³-hybridized carbons (Fsp3) is 0.381. The van der Waals surface area contributed by atoms with Gasteiger partial charge in [-0.2, -0.15) is 0 Å². The molecule has 6 heteroatoms. The quantitative estimate of drug-likeness (QED) is 0.848. The molecule has 2 aromatic rings. The lowest BCUT2D eigenvalue weighted by Crippen LogP contribution is -2.47. The third-order valence-corrected chi connectivity index (χ3v) is 4.95. The van der Waals surface area contributed by atoms with Crippen LogP contribution in [-0.2, 0) is 9.59 Å². The summed E-state index contributed by atoms with van der Waals surface area (Å²) in [5.41, 5.74) is 0.669. The second-order valence-electron chi connectivity index (χ2n) is 6.99. The summed E-state index contributed by atoms with van der Waals surface area (Å²) in [5, 5.41) is 7.55. The Bertz CT molecular complexity index is 844. The van der Waals surface area contributed by atoms with Crippen molar-refractivity contribution in [1.82, 2.24) is 15.5 Å². The lowest BCUT2D eigenvalue weighted by molar-refractivity contribution is -0.134. The van der Waals surface area contributed by atoms with Crippen LogP contribution in [0.2, 0.25) is 0 Å². The van der Waals surface area contributed by atoms with Crippen LogP contribution in [0.4, 0.5) is 0 Å². The molecule has 142 valence electrons. The molecule has 0 radical (unpaired) electrons. The van der Waals surface area contributed by atoms with Crippen LogP contribution in [0.1, 0.15) is 30.1 Å². The first-order valence-corrected chi connectivity index (χ1v) is 9.33. The van der Waals surface area contributed by atoms with E-state index < -0.39 is 0 Å². The van der Waals surface area contributed by atoms with Crippen molar-refractivity contribution in [3.8, 4) is 0 Å². The Morgan fingerprint density at radius 1 is 1.07 bits per heavy atom. The molecule has 0 unspecified atom stereocenters. The summed E-state index contributed by atoms with van der Waals surface area (Å²) in [4.78, 5) is 37.6. The molecule has 0 aliphatic carbocycles. The van der Waals surface area contributed by atoms with Crippen molar-refractivity contribution in [3.63, 3.8) is 0 Å². The predicted molar refractivity (Wildman–Crippen MR) is 104 cm³/mol. The Morgan fingerprint density at radius 3 is 2.67 bits per heavy atom. The first-order valence-electron chi connectivity index (χ1n) is 9.33. The largest absolute Gasteiger partial charge is 0.352 e. The Hall–Kier alpha value is -2.89. The van der Waals surface area contributed by atoms with Crippen molar-refractivity contribution in [2.24, 2.45) is 5.92 Å². The van der Waals surface area contributed by atoms with Gasteiger partial charge in [-0.25, -0.2) is 0 Å². The van der Waals surface area contributed by atoms with E-state index in [-0.39, 0.29) is 30.2 Å². The van der Waals surface area contributed by atoms with Crippen molar-refractivity contribution >= 4 is 28.5 Å². The molecule has 0 spiro atoms. The van der Waals surface area contributed by atoms with Gasteiger partial charge < -0.3 is 15.5 Å². The number of fused-ring (bicyclic) bond motifs is 1. The Kier molecular flexibility index (Phi) is 6.06. The molecule has 0 saturated carbocycles. The molecule has 3 amide bonds. The third kappa shape index (κ3) is 4.84. The van der Waals surface area contributed by atoms with Crippen molar-refractivity contribution in [1.29, 1.82) is 0 Å². The minimum absolute atomic E-state index is 0.0322. The lowest BCUT2D eigenvalue weighted by Gasteiger charge is -2.33. The van der Waals surface area contributed by atoms with Crippen LogP contribution < -0.4 is 10.6 Å². The van der Waals surface area contributed by atoms with Gasteiger partial charge in [0.05, 0.1) is 6.54 Å². The van der Waals surface area contributed by atoms with Crippen LogP contribution in [-0.4, -0.2) is 48.8 Å². The van der Waals surface area contributed by atoms with Gasteiger partial charge in [0.1, 0.15) is 0 Å². The van der Waals surface area contributed by atoms with Gasteiger partial charge in [0.25, 0.3) is 5.91 Å². The van der Waals surface area contributed by atoms with Crippen LogP contribution in [0.3, 0.4) is 0 Å². The monoisotopic (exact) mass is 367 g/mol. The van der Waals surface area contributed by atoms with Crippen molar-refractivity contribution < 1.29 is 14.4 Å². The minimum atomic E-state index is -0.209. The topological polar surface area (TPSA) is 78.5 Å². The molecule has 1 atom stereocenters.